The van der Waals surface area contributed by atoms with E-state index >= 15 is 0 Å². The molecule has 1 aromatic carbocycles. The number of halogens is 1. The first-order valence-electron chi connectivity index (χ1n) is 9.78. The molecular weight excluding hydrogens is 483 g/mol. The number of morpholine rings is 1. The van der Waals surface area contributed by atoms with Crippen LogP contribution in [0.15, 0.2) is 52.1 Å². The smallest absolute Gasteiger partial charge is 0.191 e. The van der Waals surface area contributed by atoms with Crippen LogP contribution in [0.4, 0.5) is 5.69 Å². The van der Waals surface area contributed by atoms with Gasteiger partial charge in [-0.25, -0.2) is 4.99 Å². The summed E-state index contributed by atoms with van der Waals surface area (Å²) in [5, 5.41) is 17.0. The molecule has 2 aromatic rings. The van der Waals surface area contributed by atoms with Crippen molar-refractivity contribution in [2.75, 3.05) is 44.3 Å². The van der Waals surface area contributed by atoms with Crippen LogP contribution in [-0.2, 0) is 16.9 Å². The lowest BCUT2D eigenvalue weighted by atomic mass is 10.0. The van der Waals surface area contributed by atoms with Gasteiger partial charge in [-0.2, -0.15) is 0 Å². The summed E-state index contributed by atoms with van der Waals surface area (Å²) in [4.78, 5) is 6.96. The van der Waals surface area contributed by atoms with E-state index in [4.69, 9.17) is 9.15 Å². The predicted molar refractivity (Wildman–Crippen MR) is 126 cm³/mol. The minimum Gasteiger partial charge on any atom is -0.466 e. The second kappa shape index (κ2) is 11.4. The number of hydrogen-bond acceptors (Lipinski definition) is 5. The van der Waals surface area contributed by atoms with E-state index in [0.29, 0.717) is 24.8 Å². The molecule has 1 atom stereocenters. The molecule has 3 N–H and O–H groups in total. The number of nitrogens with zero attached hydrogens (tertiary/aromatic N) is 2. The summed E-state index contributed by atoms with van der Waals surface area (Å²) < 4.78 is 10.7. The highest BCUT2D eigenvalue weighted by molar-refractivity contribution is 14.0. The molecule has 0 radical (unpaired) electrons. The third-order valence-electron chi connectivity index (χ3n) is 4.73. The number of furan rings is 1. The molecule has 2 heterocycles. The zero-order valence-electron chi connectivity index (χ0n) is 17.1. The average Bonchev–Trinajstić information content (AvgIpc) is 3.27. The highest BCUT2D eigenvalue weighted by Gasteiger charge is 2.26. The van der Waals surface area contributed by atoms with Crippen molar-refractivity contribution in [2.45, 2.75) is 26.0 Å². The summed E-state index contributed by atoms with van der Waals surface area (Å²) >= 11 is 0. The minimum absolute atomic E-state index is 0. The van der Waals surface area contributed by atoms with E-state index in [2.05, 4.69) is 44.8 Å². The molecule has 0 spiro atoms. The van der Waals surface area contributed by atoms with Crippen LogP contribution >= 0.6 is 24.0 Å². The molecule has 29 heavy (non-hydrogen) atoms. The second-order valence-electron chi connectivity index (χ2n) is 7.07. The van der Waals surface area contributed by atoms with Gasteiger partial charge < -0.3 is 29.8 Å². The number of aliphatic hydroxyl groups is 1. The Balaban J connectivity index is 0.00000300. The maximum atomic E-state index is 10.6. The molecule has 160 valence electrons. The Morgan fingerprint density at radius 3 is 2.52 bits per heavy atom. The molecule has 1 aliphatic heterocycles. The van der Waals surface area contributed by atoms with Crippen molar-refractivity contribution in [3.63, 3.8) is 0 Å². The van der Waals surface area contributed by atoms with E-state index in [1.165, 1.54) is 5.69 Å². The Morgan fingerprint density at radius 2 is 1.90 bits per heavy atom. The zero-order chi connectivity index (χ0) is 19.8. The van der Waals surface area contributed by atoms with E-state index in [1.807, 2.05) is 6.92 Å². The van der Waals surface area contributed by atoms with Crippen LogP contribution < -0.4 is 15.5 Å². The average molecular weight is 514 g/mol. The number of nitrogens with one attached hydrogen (secondary N) is 2. The summed E-state index contributed by atoms with van der Waals surface area (Å²) in [7, 11) is 0. The van der Waals surface area contributed by atoms with Gasteiger partial charge in [0.15, 0.2) is 5.96 Å². The van der Waals surface area contributed by atoms with Gasteiger partial charge in [0.05, 0.1) is 32.6 Å². The summed E-state index contributed by atoms with van der Waals surface area (Å²) in [6.07, 6.45) is 1.56. The molecule has 1 saturated heterocycles. The highest BCUT2D eigenvalue weighted by Crippen LogP contribution is 2.20. The molecule has 0 saturated carbocycles. The van der Waals surface area contributed by atoms with E-state index in [0.717, 1.165) is 38.4 Å². The fourth-order valence-corrected chi connectivity index (χ4v) is 3.07. The molecule has 7 nitrogen and oxygen atoms in total. The van der Waals surface area contributed by atoms with Gasteiger partial charge in [0.25, 0.3) is 0 Å². The van der Waals surface area contributed by atoms with Crippen LogP contribution in [0.5, 0.6) is 0 Å². The van der Waals surface area contributed by atoms with Crippen LogP contribution in [0.1, 0.15) is 25.2 Å². The predicted octanol–water partition coefficient (Wildman–Crippen LogP) is 2.70. The molecule has 0 bridgehead atoms. The summed E-state index contributed by atoms with van der Waals surface area (Å²) in [5.74, 6) is 1.18. The second-order valence-corrected chi connectivity index (χ2v) is 7.07. The number of hydrogen-bond donors (Lipinski definition) is 3. The van der Waals surface area contributed by atoms with Crippen molar-refractivity contribution in [3.8, 4) is 0 Å². The number of rotatable bonds is 7. The molecule has 8 heteroatoms. The minimum atomic E-state index is -1.11. The van der Waals surface area contributed by atoms with Crippen LogP contribution in [0.2, 0.25) is 0 Å². The lowest BCUT2D eigenvalue weighted by Gasteiger charge is -2.28. The fraction of sp³-hybridized carbons (Fsp3) is 0.476. The normalized spacial score (nSPS) is 16.7. The third-order valence-corrected chi connectivity index (χ3v) is 4.73. The lowest BCUT2D eigenvalue weighted by Crippen LogP contribution is -2.44. The molecule has 0 amide bonds. The largest absolute Gasteiger partial charge is 0.466 e. The van der Waals surface area contributed by atoms with Gasteiger partial charge in [-0.15, -0.1) is 24.0 Å². The molecule has 1 aliphatic rings. The quantitative estimate of drug-likeness (QED) is 0.300. The molecule has 1 aromatic heterocycles. The third kappa shape index (κ3) is 6.90. The first-order valence-corrected chi connectivity index (χ1v) is 9.78. The lowest BCUT2D eigenvalue weighted by molar-refractivity contribution is 0.0386. The van der Waals surface area contributed by atoms with Crippen molar-refractivity contribution < 1.29 is 14.3 Å². The molecule has 1 fully saturated rings. The summed E-state index contributed by atoms with van der Waals surface area (Å²) in [6.45, 7) is 8.75. The molecule has 1 unspecified atom stereocenters. The number of benzene rings is 1. The number of aliphatic imine (C=N–C) groups is 1. The first kappa shape index (κ1) is 23.5. The Hall–Kier alpha value is -1.78. The number of ether oxygens (including phenoxy) is 1. The summed E-state index contributed by atoms with van der Waals surface area (Å²) in [5.41, 5.74) is 1.24. The molecule has 0 aliphatic carbocycles. The maximum absolute atomic E-state index is 10.6. The van der Waals surface area contributed by atoms with Crippen molar-refractivity contribution >= 4 is 35.6 Å². The van der Waals surface area contributed by atoms with Crippen LogP contribution in [-0.4, -0.2) is 50.5 Å². The first-order chi connectivity index (χ1) is 13.6. The van der Waals surface area contributed by atoms with Gasteiger partial charge in [0, 0.05) is 25.3 Å². The van der Waals surface area contributed by atoms with Gasteiger partial charge in [-0.1, -0.05) is 12.1 Å². The molecule has 3 rings (SSSR count). The highest BCUT2D eigenvalue weighted by atomic mass is 127. The van der Waals surface area contributed by atoms with Crippen LogP contribution in [0, 0.1) is 0 Å². The van der Waals surface area contributed by atoms with Crippen LogP contribution in [0.3, 0.4) is 0 Å². The van der Waals surface area contributed by atoms with Gasteiger partial charge >= 0.3 is 0 Å². The van der Waals surface area contributed by atoms with Gasteiger partial charge in [0.1, 0.15) is 11.4 Å². The number of guanidine groups is 1. The molecular formula is C21H31IN4O3. The Bertz CT molecular complexity index is 742. The topological polar surface area (TPSA) is 82.3 Å². The van der Waals surface area contributed by atoms with Crippen molar-refractivity contribution in [1.29, 1.82) is 0 Å². The Morgan fingerprint density at radius 1 is 1.17 bits per heavy atom. The standard InChI is InChI=1S/C21H30N4O3.HI/c1-3-22-20(24-16-21(2,26)19-5-4-12-28-19)23-15-17-6-8-18(9-7-17)25-10-13-27-14-11-25;/h4-9,12,26H,3,10-11,13-16H2,1-2H3,(H2,22,23,24);1H. The monoisotopic (exact) mass is 514 g/mol. The van der Waals surface area contributed by atoms with Crippen LogP contribution in [0.25, 0.3) is 0 Å². The van der Waals surface area contributed by atoms with Crippen molar-refractivity contribution in [3.05, 3.63) is 54.0 Å². The maximum Gasteiger partial charge on any atom is 0.191 e. The van der Waals surface area contributed by atoms with Crippen molar-refractivity contribution in [2.24, 2.45) is 4.99 Å². The van der Waals surface area contributed by atoms with E-state index in [-0.39, 0.29) is 24.0 Å². The van der Waals surface area contributed by atoms with E-state index < -0.39 is 5.60 Å². The SMILES string of the molecule is CCNC(=NCc1ccc(N2CCOCC2)cc1)NCC(C)(O)c1ccco1.I. The Labute approximate surface area is 189 Å². The zero-order valence-corrected chi connectivity index (χ0v) is 19.4. The summed E-state index contributed by atoms with van der Waals surface area (Å²) in [6, 6.07) is 12.0. The van der Waals surface area contributed by atoms with Gasteiger partial charge in [-0.3, -0.25) is 0 Å². The van der Waals surface area contributed by atoms with Gasteiger partial charge in [-0.05, 0) is 43.7 Å². The van der Waals surface area contributed by atoms with Crippen molar-refractivity contribution in [1.82, 2.24) is 10.6 Å². The van der Waals surface area contributed by atoms with E-state index in [9.17, 15) is 5.11 Å². The fourth-order valence-electron chi connectivity index (χ4n) is 3.07. The van der Waals surface area contributed by atoms with E-state index in [1.54, 1.807) is 25.3 Å². The van der Waals surface area contributed by atoms with Gasteiger partial charge in [0.2, 0.25) is 0 Å². The number of anilines is 1. The Kier molecular flexibility index (Phi) is 9.25.